The molecule has 9 heteroatoms. The molecule has 0 aromatic heterocycles. The minimum atomic E-state index is -2.97. The number of rotatable bonds is 5. The summed E-state index contributed by atoms with van der Waals surface area (Å²) in [5, 5.41) is 9.39. The predicted molar refractivity (Wildman–Crippen MR) is 96.0 cm³/mol. The van der Waals surface area contributed by atoms with Gasteiger partial charge in [0.05, 0.1) is 12.7 Å². The Kier molecular flexibility index (Phi) is 4.88. The molecule has 2 aromatic carbocycles. The quantitative estimate of drug-likeness (QED) is 0.849. The zero-order valence-electron chi connectivity index (χ0n) is 15.0. The van der Waals surface area contributed by atoms with E-state index in [0.717, 1.165) is 0 Å². The van der Waals surface area contributed by atoms with Crippen LogP contribution < -0.4 is 15.2 Å². The monoisotopic (exact) mass is 386 g/mol. The molecule has 2 aromatic rings. The molecule has 1 aliphatic rings. The SMILES string of the molecule is COc1ccc(C2(c3ccc(OC(F)F)cc3)N=C(N)N(C)C2=O)cc1C#N. The van der Waals surface area contributed by atoms with Crippen molar-refractivity contribution in [3.63, 3.8) is 0 Å². The van der Waals surface area contributed by atoms with E-state index in [1.807, 2.05) is 6.07 Å². The highest BCUT2D eigenvalue weighted by atomic mass is 19.3. The van der Waals surface area contributed by atoms with Crippen LogP contribution in [0.2, 0.25) is 0 Å². The third-order valence-electron chi connectivity index (χ3n) is 4.48. The molecule has 1 heterocycles. The first-order valence-corrected chi connectivity index (χ1v) is 8.11. The van der Waals surface area contributed by atoms with Crippen LogP contribution in [0.1, 0.15) is 16.7 Å². The second kappa shape index (κ2) is 7.15. The van der Waals surface area contributed by atoms with Crippen LogP contribution in [0.3, 0.4) is 0 Å². The number of amides is 1. The third kappa shape index (κ3) is 2.99. The van der Waals surface area contributed by atoms with Gasteiger partial charge in [-0.15, -0.1) is 0 Å². The van der Waals surface area contributed by atoms with Gasteiger partial charge in [0.25, 0.3) is 5.91 Å². The second-order valence-corrected chi connectivity index (χ2v) is 5.97. The summed E-state index contributed by atoms with van der Waals surface area (Å²) in [7, 11) is 2.91. The molecule has 0 saturated heterocycles. The maximum Gasteiger partial charge on any atom is 0.387 e. The third-order valence-corrected chi connectivity index (χ3v) is 4.48. The average molecular weight is 386 g/mol. The van der Waals surface area contributed by atoms with Crippen molar-refractivity contribution in [1.29, 1.82) is 5.26 Å². The zero-order valence-corrected chi connectivity index (χ0v) is 15.0. The Morgan fingerprint density at radius 2 is 1.86 bits per heavy atom. The van der Waals surface area contributed by atoms with Gasteiger partial charge >= 0.3 is 6.61 Å². The van der Waals surface area contributed by atoms with E-state index in [1.54, 1.807) is 12.1 Å². The number of halogens is 2. The van der Waals surface area contributed by atoms with Gasteiger partial charge in [-0.3, -0.25) is 9.69 Å². The van der Waals surface area contributed by atoms with Gasteiger partial charge in [0, 0.05) is 7.05 Å². The van der Waals surface area contributed by atoms with Crippen LogP contribution in [-0.4, -0.2) is 37.5 Å². The summed E-state index contributed by atoms with van der Waals surface area (Å²) < 4.78 is 34.3. The average Bonchev–Trinajstić information content (AvgIpc) is 2.92. The van der Waals surface area contributed by atoms with Crippen molar-refractivity contribution in [3.05, 3.63) is 59.2 Å². The van der Waals surface area contributed by atoms with Crippen LogP contribution in [0.4, 0.5) is 8.78 Å². The Morgan fingerprint density at radius 1 is 1.21 bits per heavy atom. The van der Waals surface area contributed by atoms with Gasteiger partial charge in [-0.2, -0.15) is 14.0 Å². The molecule has 1 atom stereocenters. The number of benzene rings is 2. The largest absolute Gasteiger partial charge is 0.495 e. The number of aliphatic imine (C=N–C) groups is 1. The number of alkyl halides is 2. The van der Waals surface area contributed by atoms with Gasteiger partial charge in [-0.25, -0.2) is 4.99 Å². The van der Waals surface area contributed by atoms with E-state index in [9.17, 15) is 18.8 Å². The van der Waals surface area contributed by atoms with E-state index in [-0.39, 0.29) is 17.3 Å². The topological polar surface area (TPSA) is 101 Å². The minimum Gasteiger partial charge on any atom is -0.495 e. The highest BCUT2D eigenvalue weighted by Gasteiger charge is 2.49. The molecule has 0 saturated carbocycles. The molecule has 1 amide bonds. The molecular weight excluding hydrogens is 370 g/mol. The summed E-state index contributed by atoms with van der Waals surface area (Å²) in [6.45, 7) is -2.97. The molecule has 1 unspecified atom stereocenters. The van der Waals surface area contributed by atoms with Crippen molar-refractivity contribution in [2.24, 2.45) is 10.7 Å². The van der Waals surface area contributed by atoms with E-state index >= 15 is 0 Å². The lowest BCUT2D eigenvalue weighted by molar-refractivity contribution is -0.129. The number of hydrogen-bond donors (Lipinski definition) is 1. The molecule has 1 aliphatic heterocycles. The first kappa shape index (κ1) is 19.1. The number of nitrogens with two attached hydrogens (primary N) is 1. The van der Waals surface area contributed by atoms with Crippen LogP contribution in [-0.2, 0) is 10.3 Å². The first-order valence-electron chi connectivity index (χ1n) is 8.11. The maximum atomic E-state index is 13.1. The Bertz CT molecular complexity index is 986. The number of carbonyl (C=O) groups is 1. The molecule has 0 fully saturated rings. The van der Waals surface area contributed by atoms with E-state index in [0.29, 0.717) is 16.9 Å². The molecule has 0 bridgehead atoms. The van der Waals surface area contributed by atoms with Gasteiger partial charge in [-0.1, -0.05) is 18.2 Å². The Labute approximate surface area is 159 Å². The Hall–Kier alpha value is -3.67. The molecule has 3 rings (SSSR count). The highest BCUT2D eigenvalue weighted by molar-refractivity contribution is 6.09. The normalized spacial score (nSPS) is 18.8. The molecule has 0 spiro atoms. The lowest BCUT2D eigenvalue weighted by Crippen LogP contribution is -2.41. The maximum absolute atomic E-state index is 13.1. The van der Waals surface area contributed by atoms with Crippen LogP contribution in [0, 0.1) is 11.3 Å². The van der Waals surface area contributed by atoms with Crippen molar-refractivity contribution in [2.75, 3.05) is 14.2 Å². The molecule has 7 nitrogen and oxygen atoms in total. The Morgan fingerprint density at radius 3 is 2.36 bits per heavy atom. The summed E-state index contributed by atoms with van der Waals surface area (Å²) in [6, 6.07) is 12.2. The van der Waals surface area contributed by atoms with E-state index < -0.39 is 18.1 Å². The summed E-state index contributed by atoms with van der Waals surface area (Å²) in [4.78, 5) is 18.7. The minimum absolute atomic E-state index is 0.00719. The summed E-state index contributed by atoms with van der Waals surface area (Å²) in [6.07, 6.45) is 0. The summed E-state index contributed by atoms with van der Waals surface area (Å²) >= 11 is 0. The fourth-order valence-corrected chi connectivity index (χ4v) is 3.08. The second-order valence-electron chi connectivity index (χ2n) is 5.97. The Balaban J connectivity index is 2.19. The van der Waals surface area contributed by atoms with Crippen LogP contribution in [0.15, 0.2) is 47.5 Å². The number of carbonyl (C=O) groups excluding carboxylic acids is 1. The highest BCUT2D eigenvalue weighted by Crippen LogP contribution is 2.41. The van der Waals surface area contributed by atoms with Crippen molar-refractivity contribution in [3.8, 4) is 17.6 Å². The number of hydrogen-bond acceptors (Lipinski definition) is 6. The summed E-state index contributed by atoms with van der Waals surface area (Å²) in [5.74, 6) is -0.163. The van der Waals surface area contributed by atoms with Crippen molar-refractivity contribution < 1.29 is 23.0 Å². The standard InChI is InChI=1S/C19H16F2N4O3/c1-25-16(26)19(24-18(25)23,12-3-6-14(7-4-12)28-17(20)21)13-5-8-15(27-2)11(9-13)10-22/h3-9,17H,1-2H3,(H2,23,24). The van der Waals surface area contributed by atoms with Gasteiger partial charge in [0.2, 0.25) is 0 Å². The van der Waals surface area contributed by atoms with E-state index in [1.165, 1.54) is 49.4 Å². The smallest absolute Gasteiger partial charge is 0.387 e. The number of likely N-dealkylation sites (N-methyl/N-ethyl adjacent to an activating group) is 1. The molecule has 0 radical (unpaired) electrons. The van der Waals surface area contributed by atoms with Gasteiger partial charge in [0.1, 0.15) is 17.6 Å². The van der Waals surface area contributed by atoms with Crippen LogP contribution >= 0.6 is 0 Å². The van der Waals surface area contributed by atoms with Gasteiger partial charge < -0.3 is 15.2 Å². The van der Waals surface area contributed by atoms with Crippen molar-refractivity contribution in [1.82, 2.24) is 4.90 Å². The van der Waals surface area contributed by atoms with Gasteiger partial charge in [-0.05, 0) is 35.4 Å². The number of nitriles is 1. The fraction of sp³-hybridized carbons (Fsp3) is 0.211. The lowest BCUT2D eigenvalue weighted by atomic mass is 9.82. The lowest BCUT2D eigenvalue weighted by Gasteiger charge is -2.26. The molecule has 0 aliphatic carbocycles. The van der Waals surface area contributed by atoms with Crippen LogP contribution in [0.25, 0.3) is 0 Å². The van der Waals surface area contributed by atoms with Crippen molar-refractivity contribution >= 4 is 11.9 Å². The summed E-state index contributed by atoms with van der Waals surface area (Å²) in [5.41, 5.74) is 5.33. The number of nitrogens with zero attached hydrogens (tertiary/aromatic N) is 3. The predicted octanol–water partition coefficient (Wildman–Crippen LogP) is 2.20. The first-order chi connectivity index (χ1) is 13.3. The molecule has 28 heavy (non-hydrogen) atoms. The van der Waals surface area contributed by atoms with E-state index in [4.69, 9.17) is 10.5 Å². The van der Waals surface area contributed by atoms with E-state index in [2.05, 4.69) is 9.73 Å². The molecule has 144 valence electrons. The number of guanidine groups is 1. The van der Waals surface area contributed by atoms with Crippen molar-refractivity contribution in [2.45, 2.75) is 12.2 Å². The number of methoxy groups -OCH3 is 1. The zero-order chi connectivity index (χ0) is 20.5. The fourth-order valence-electron chi connectivity index (χ4n) is 3.08. The molecular formula is C19H16F2N4O3. The number of ether oxygens (including phenoxy) is 2. The van der Waals surface area contributed by atoms with Gasteiger partial charge in [0.15, 0.2) is 11.5 Å². The molecule has 2 N–H and O–H groups in total. The van der Waals surface area contributed by atoms with Crippen LogP contribution in [0.5, 0.6) is 11.5 Å².